The molecule has 0 radical (unpaired) electrons. The second kappa shape index (κ2) is 12.1. The Kier molecular flexibility index (Phi) is 8.42. The topological polar surface area (TPSA) is 70.6 Å². The first-order chi connectivity index (χ1) is 18.9. The summed E-state index contributed by atoms with van der Waals surface area (Å²) < 4.78 is 39.5. The molecule has 5 rings (SSSR count). The normalized spacial score (nSPS) is 21.1. The van der Waals surface area contributed by atoms with Crippen molar-refractivity contribution in [2.24, 2.45) is 5.92 Å². The van der Waals surface area contributed by atoms with Crippen LogP contribution in [0, 0.1) is 5.92 Å². The van der Waals surface area contributed by atoms with Crippen LogP contribution >= 0.6 is 0 Å². The van der Waals surface area contributed by atoms with E-state index in [-0.39, 0.29) is 18.1 Å². The molecule has 206 valence electrons. The minimum absolute atomic E-state index is 0.0846. The van der Waals surface area contributed by atoms with E-state index in [1.807, 2.05) is 12.1 Å². The molecule has 0 spiro atoms. The lowest BCUT2D eigenvalue weighted by Crippen LogP contribution is -2.52. The number of anilines is 1. The van der Waals surface area contributed by atoms with Crippen molar-refractivity contribution in [3.05, 3.63) is 90.0 Å². The van der Waals surface area contributed by atoms with Gasteiger partial charge in [-0.05, 0) is 98.8 Å². The minimum atomic E-state index is -4.37. The summed E-state index contributed by atoms with van der Waals surface area (Å²) in [6, 6.07) is 12.8. The molecule has 2 aliphatic rings. The zero-order valence-corrected chi connectivity index (χ0v) is 21.6. The number of alkyl halides is 3. The van der Waals surface area contributed by atoms with Crippen molar-refractivity contribution in [1.82, 2.24) is 20.3 Å². The van der Waals surface area contributed by atoms with Crippen molar-refractivity contribution >= 4 is 11.6 Å². The Hall–Kier alpha value is -3.50. The number of hydrogen-bond acceptors (Lipinski definition) is 6. The zero-order chi connectivity index (χ0) is 27.2. The highest BCUT2D eigenvalue weighted by Crippen LogP contribution is 2.36. The van der Waals surface area contributed by atoms with Crippen molar-refractivity contribution in [2.45, 2.75) is 50.6 Å². The summed E-state index contributed by atoms with van der Waals surface area (Å²) in [5, 5.41) is 0. The van der Waals surface area contributed by atoms with Crippen LogP contribution in [0.3, 0.4) is 0 Å². The number of likely N-dealkylation sites (tertiary alicyclic amines) is 1. The number of pyridine rings is 2. The number of carbonyl (C=O) groups excluding carboxylic acids is 1. The minimum Gasteiger partial charge on any atom is -0.368 e. The van der Waals surface area contributed by atoms with Crippen LogP contribution < -0.4 is 10.4 Å². The van der Waals surface area contributed by atoms with Crippen LogP contribution in [-0.4, -0.2) is 52.6 Å². The van der Waals surface area contributed by atoms with Crippen LogP contribution in [0.2, 0.25) is 0 Å². The van der Waals surface area contributed by atoms with Gasteiger partial charge in [0.15, 0.2) is 0 Å². The molecule has 0 bridgehead atoms. The fourth-order valence-corrected chi connectivity index (χ4v) is 5.62. The van der Waals surface area contributed by atoms with Gasteiger partial charge in [0.25, 0.3) is 5.91 Å². The van der Waals surface area contributed by atoms with Crippen LogP contribution in [0.15, 0.2) is 73.3 Å². The van der Waals surface area contributed by atoms with Gasteiger partial charge in [0.05, 0.1) is 11.7 Å². The lowest BCUT2D eigenvalue weighted by Gasteiger charge is -2.46. The van der Waals surface area contributed by atoms with Crippen molar-refractivity contribution in [1.29, 1.82) is 0 Å². The van der Waals surface area contributed by atoms with E-state index in [1.54, 1.807) is 49.1 Å². The highest BCUT2D eigenvalue weighted by atomic mass is 19.4. The molecule has 2 fully saturated rings. The summed E-state index contributed by atoms with van der Waals surface area (Å²) in [6.45, 7) is 3.38. The molecule has 1 N–H and O–H groups in total. The number of benzene rings is 1. The summed E-state index contributed by atoms with van der Waals surface area (Å²) in [7, 11) is 0. The largest absolute Gasteiger partial charge is 0.416 e. The van der Waals surface area contributed by atoms with Crippen molar-refractivity contribution < 1.29 is 22.8 Å². The molecular weight excluding hydrogens is 507 g/mol. The summed E-state index contributed by atoms with van der Waals surface area (Å²) in [5.41, 5.74) is 4.41. The second-order valence-corrected chi connectivity index (χ2v) is 10.2. The van der Waals surface area contributed by atoms with E-state index in [2.05, 4.69) is 25.2 Å². The highest BCUT2D eigenvalue weighted by molar-refractivity contribution is 5.93. The highest BCUT2D eigenvalue weighted by Gasteiger charge is 2.37. The summed E-state index contributed by atoms with van der Waals surface area (Å²) in [6.07, 6.45) is 5.42. The monoisotopic (exact) mass is 539 g/mol. The van der Waals surface area contributed by atoms with E-state index in [0.29, 0.717) is 30.9 Å². The van der Waals surface area contributed by atoms with Gasteiger partial charge in [-0.15, -0.1) is 0 Å². The summed E-state index contributed by atoms with van der Waals surface area (Å²) in [5.74, 6) is 0.0202. The number of carbonyl (C=O) groups is 1. The predicted octanol–water partition coefficient (Wildman–Crippen LogP) is 5.11. The number of nitrogens with one attached hydrogen (secondary N) is 1. The van der Waals surface area contributed by atoms with Crippen molar-refractivity contribution in [3.8, 4) is 0 Å². The Morgan fingerprint density at radius 2 is 1.54 bits per heavy atom. The van der Waals surface area contributed by atoms with Gasteiger partial charge in [0.2, 0.25) is 0 Å². The van der Waals surface area contributed by atoms with Gasteiger partial charge in [-0.2, -0.15) is 13.2 Å². The van der Waals surface area contributed by atoms with Crippen LogP contribution in [0.25, 0.3) is 0 Å². The van der Waals surface area contributed by atoms with Crippen molar-refractivity contribution in [3.63, 3.8) is 0 Å². The number of hydrogen-bond donors (Lipinski definition) is 1. The molecule has 0 aliphatic carbocycles. The maximum atomic E-state index is 13.2. The lowest BCUT2D eigenvalue weighted by molar-refractivity contribution is -0.137. The third-order valence-corrected chi connectivity index (χ3v) is 7.72. The fourth-order valence-electron chi connectivity index (χ4n) is 5.62. The molecule has 10 heteroatoms. The SMILES string of the molecule is O=C(NOC1CCN(c2ccc(C(F)(F)F)cc2)C(C2CCN(Cc3ccncc3)CC2)C1)c1ccncc1. The molecule has 1 aromatic carbocycles. The Balaban J connectivity index is 1.26. The van der Waals surface area contributed by atoms with Crippen molar-refractivity contribution in [2.75, 3.05) is 24.5 Å². The number of amides is 1. The zero-order valence-electron chi connectivity index (χ0n) is 21.6. The number of halogens is 3. The quantitative estimate of drug-likeness (QED) is 0.421. The predicted molar refractivity (Wildman–Crippen MR) is 141 cm³/mol. The first-order valence-electron chi connectivity index (χ1n) is 13.3. The first kappa shape index (κ1) is 27.1. The molecule has 3 aromatic rings. The number of piperidine rings is 2. The van der Waals surface area contributed by atoms with Gasteiger partial charge in [0.1, 0.15) is 0 Å². The Morgan fingerprint density at radius 1 is 0.897 bits per heavy atom. The molecule has 7 nitrogen and oxygen atoms in total. The first-order valence-corrected chi connectivity index (χ1v) is 13.3. The lowest BCUT2D eigenvalue weighted by atomic mass is 9.82. The van der Waals surface area contributed by atoms with E-state index in [1.165, 1.54) is 5.56 Å². The van der Waals surface area contributed by atoms with Gasteiger partial charge in [-0.25, -0.2) is 5.48 Å². The number of hydroxylamine groups is 1. The molecule has 0 saturated carbocycles. The van der Waals surface area contributed by atoms with Gasteiger partial charge < -0.3 is 4.90 Å². The Labute approximate surface area is 226 Å². The molecule has 1 amide bonds. The van der Waals surface area contributed by atoms with Gasteiger partial charge in [-0.1, -0.05) is 0 Å². The number of nitrogens with zero attached hydrogens (tertiary/aromatic N) is 4. The van der Waals surface area contributed by atoms with E-state index in [0.717, 1.165) is 50.3 Å². The van der Waals surface area contributed by atoms with Crippen LogP contribution in [0.1, 0.15) is 47.2 Å². The average Bonchev–Trinajstić information content (AvgIpc) is 2.97. The van der Waals surface area contributed by atoms with E-state index < -0.39 is 11.7 Å². The molecule has 2 atom stereocenters. The molecule has 4 heterocycles. The third kappa shape index (κ3) is 6.93. The van der Waals surface area contributed by atoms with Gasteiger partial charge >= 0.3 is 6.18 Å². The molecular formula is C29H32F3N5O2. The maximum Gasteiger partial charge on any atom is 0.416 e. The Bertz CT molecular complexity index is 1200. The Morgan fingerprint density at radius 3 is 2.18 bits per heavy atom. The van der Waals surface area contributed by atoms with Gasteiger partial charge in [-0.3, -0.25) is 24.5 Å². The second-order valence-electron chi connectivity index (χ2n) is 10.2. The van der Waals surface area contributed by atoms with E-state index in [4.69, 9.17) is 4.84 Å². The average molecular weight is 540 g/mol. The van der Waals surface area contributed by atoms with Crippen LogP contribution in [-0.2, 0) is 17.6 Å². The van der Waals surface area contributed by atoms with E-state index >= 15 is 0 Å². The summed E-state index contributed by atoms with van der Waals surface area (Å²) in [4.78, 5) is 31.0. The van der Waals surface area contributed by atoms with Gasteiger partial charge in [0, 0.05) is 55.2 Å². The third-order valence-electron chi connectivity index (χ3n) is 7.72. The summed E-state index contributed by atoms with van der Waals surface area (Å²) >= 11 is 0. The van der Waals surface area contributed by atoms with Crippen LogP contribution in [0.5, 0.6) is 0 Å². The number of rotatable bonds is 7. The molecule has 2 unspecified atom stereocenters. The molecule has 2 aromatic heterocycles. The molecule has 39 heavy (non-hydrogen) atoms. The standard InChI is InChI=1S/C29H32F3N5O2/c30-29(31,32)24-1-3-25(4-2-24)37-18-11-26(39-35-28(38)23-7-14-34-15-8-23)19-27(37)22-9-16-36(17-10-22)20-21-5-12-33-13-6-21/h1-8,12-15,22,26-27H,9-11,16-20H2,(H,35,38). The smallest absolute Gasteiger partial charge is 0.368 e. The van der Waals surface area contributed by atoms with E-state index in [9.17, 15) is 18.0 Å². The molecule has 2 aliphatic heterocycles. The fraction of sp³-hybridized carbons (Fsp3) is 0.414. The van der Waals surface area contributed by atoms with Crippen LogP contribution in [0.4, 0.5) is 18.9 Å². The maximum absolute atomic E-state index is 13.2. The number of aromatic nitrogens is 2. The molecule has 2 saturated heterocycles.